The molecule has 114 valence electrons. The molecule has 0 aliphatic heterocycles. The molecule has 0 radical (unpaired) electrons. The van der Waals surface area contributed by atoms with E-state index in [-0.39, 0.29) is 5.41 Å². The van der Waals surface area contributed by atoms with Crippen LogP contribution in [0.4, 0.5) is 5.82 Å². The van der Waals surface area contributed by atoms with Crippen LogP contribution >= 0.6 is 11.8 Å². The highest BCUT2D eigenvalue weighted by Crippen LogP contribution is 2.30. The number of aromatic nitrogens is 4. The second-order valence-electron chi connectivity index (χ2n) is 6.04. The summed E-state index contributed by atoms with van der Waals surface area (Å²) in [5.74, 6) is 1.72. The number of rotatable bonds is 4. The molecule has 0 atom stereocenters. The molecule has 0 aromatic carbocycles. The Balaban J connectivity index is 2.38. The molecule has 0 aliphatic rings. The number of aryl methyl sites for hydroxylation is 2. The summed E-state index contributed by atoms with van der Waals surface area (Å²) in [6.07, 6.45) is 0. The highest BCUT2D eigenvalue weighted by atomic mass is 32.2. The van der Waals surface area contributed by atoms with Crippen molar-refractivity contribution in [1.29, 1.82) is 0 Å². The molecule has 0 aliphatic carbocycles. The number of anilines is 1. The zero-order valence-corrected chi connectivity index (χ0v) is 14.4. The molecule has 2 rings (SSSR count). The van der Waals surface area contributed by atoms with E-state index in [1.165, 1.54) is 0 Å². The predicted octanol–water partition coefficient (Wildman–Crippen LogP) is 3.40. The van der Waals surface area contributed by atoms with E-state index in [9.17, 15) is 0 Å². The fourth-order valence-electron chi connectivity index (χ4n) is 1.87. The van der Waals surface area contributed by atoms with Crippen LogP contribution < -0.4 is 5.32 Å². The molecule has 2 aromatic heterocycles. The molecule has 0 amide bonds. The fourth-order valence-corrected chi connectivity index (χ4v) is 2.79. The van der Waals surface area contributed by atoms with Crippen LogP contribution in [0, 0.1) is 6.92 Å². The van der Waals surface area contributed by atoms with Crippen molar-refractivity contribution in [2.24, 2.45) is 7.05 Å². The van der Waals surface area contributed by atoms with Gasteiger partial charge in [-0.3, -0.25) is 4.68 Å². The lowest BCUT2D eigenvalue weighted by molar-refractivity contribution is 0.539. The van der Waals surface area contributed by atoms with Gasteiger partial charge in [0.05, 0.1) is 5.69 Å². The van der Waals surface area contributed by atoms with Gasteiger partial charge in [-0.1, -0.05) is 32.5 Å². The maximum Gasteiger partial charge on any atom is 0.137 e. The van der Waals surface area contributed by atoms with E-state index in [1.54, 1.807) is 11.8 Å². The molecule has 0 bridgehead atoms. The molecule has 6 heteroatoms. The van der Waals surface area contributed by atoms with E-state index in [0.29, 0.717) is 0 Å². The fraction of sp³-hybridized carbons (Fsp3) is 0.533. The van der Waals surface area contributed by atoms with Gasteiger partial charge in [0.1, 0.15) is 21.7 Å². The maximum absolute atomic E-state index is 4.70. The average Bonchev–Trinajstić information content (AvgIpc) is 2.67. The Morgan fingerprint density at radius 2 is 1.95 bits per heavy atom. The normalized spacial score (nSPS) is 11.7. The van der Waals surface area contributed by atoms with Crippen molar-refractivity contribution in [3.05, 3.63) is 23.7 Å². The van der Waals surface area contributed by atoms with Crippen LogP contribution in [-0.4, -0.2) is 26.3 Å². The maximum atomic E-state index is 4.70. The molecule has 0 saturated heterocycles. The van der Waals surface area contributed by atoms with Crippen LogP contribution in [0.5, 0.6) is 0 Å². The quantitative estimate of drug-likeness (QED) is 0.877. The van der Waals surface area contributed by atoms with Gasteiger partial charge in [-0.2, -0.15) is 5.10 Å². The topological polar surface area (TPSA) is 55.6 Å². The largest absolute Gasteiger partial charge is 0.370 e. The second-order valence-corrected chi connectivity index (χ2v) is 7.09. The van der Waals surface area contributed by atoms with E-state index in [4.69, 9.17) is 4.98 Å². The van der Waals surface area contributed by atoms with Gasteiger partial charge >= 0.3 is 0 Å². The predicted molar refractivity (Wildman–Crippen MR) is 87.0 cm³/mol. The Labute approximate surface area is 130 Å². The Bertz CT molecular complexity index is 627. The molecule has 1 N–H and O–H groups in total. The lowest BCUT2D eigenvalue weighted by Gasteiger charge is -2.18. The van der Waals surface area contributed by atoms with Crippen molar-refractivity contribution in [2.75, 3.05) is 11.9 Å². The van der Waals surface area contributed by atoms with Crippen molar-refractivity contribution >= 4 is 17.6 Å². The van der Waals surface area contributed by atoms with Gasteiger partial charge in [0.25, 0.3) is 0 Å². The summed E-state index contributed by atoms with van der Waals surface area (Å²) >= 11 is 1.61. The van der Waals surface area contributed by atoms with Crippen LogP contribution in [0.1, 0.15) is 39.2 Å². The van der Waals surface area contributed by atoms with Crippen molar-refractivity contribution in [3.63, 3.8) is 0 Å². The third kappa shape index (κ3) is 3.97. The van der Waals surface area contributed by atoms with E-state index in [1.807, 2.05) is 24.7 Å². The molecule has 2 aromatic rings. The van der Waals surface area contributed by atoms with Crippen molar-refractivity contribution in [2.45, 2.75) is 50.1 Å². The molecule has 2 heterocycles. The zero-order valence-electron chi connectivity index (χ0n) is 13.6. The van der Waals surface area contributed by atoms with Crippen LogP contribution in [0.3, 0.4) is 0 Å². The Morgan fingerprint density at radius 3 is 2.48 bits per heavy atom. The summed E-state index contributed by atoms with van der Waals surface area (Å²) in [5.41, 5.74) is 0.931. The second kappa shape index (κ2) is 6.05. The standard InChI is InChI=1S/C15H23N5S/c1-7-16-11-9-12(18-14(17-11)15(3,4)5)21-13-8-10(2)19-20(13)6/h8-9H,7H2,1-6H3,(H,16,17,18). The molecule has 0 spiro atoms. The van der Waals surface area contributed by atoms with Crippen LogP contribution in [-0.2, 0) is 12.5 Å². The summed E-state index contributed by atoms with van der Waals surface area (Å²) in [6, 6.07) is 4.06. The molecule has 0 saturated carbocycles. The Kier molecular flexibility index (Phi) is 4.56. The van der Waals surface area contributed by atoms with Gasteiger partial charge in [-0.05, 0) is 19.9 Å². The first-order chi connectivity index (χ1) is 9.79. The van der Waals surface area contributed by atoms with Crippen molar-refractivity contribution in [1.82, 2.24) is 19.7 Å². The SMILES string of the molecule is CCNc1cc(Sc2cc(C)nn2C)nc(C(C)(C)C)n1. The highest BCUT2D eigenvalue weighted by molar-refractivity contribution is 7.99. The van der Waals surface area contributed by atoms with E-state index < -0.39 is 0 Å². The third-order valence-corrected chi connectivity index (χ3v) is 3.91. The minimum Gasteiger partial charge on any atom is -0.370 e. The number of nitrogens with zero attached hydrogens (tertiary/aromatic N) is 4. The van der Waals surface area contributed by atoms with Gasteiger partial charge in [-0.25, -0.2) is 9.97 Å². The highest BCUT2D eigenvalue weighted by Gasteiger charge is 2.19. The van der Waals surface area contributed by atoms with Crippen LogP contribution in [0.2, 0.25) is 0 Å². The zero-order chi connectivity index (χ0) is 15.6. The minimum absolute atomic E-state index is 0.0802. The van der Waals surface area contributed by atoms with Gasteiger partial charge in [0, 0.05) is 25.1 Å². The molecule has 0 unspecified atom stereocenters. The van der Waals surface area contributed by atoms with E-state index in [2.05, 4.69) is 49.2 Å². The third-order valence-electron chi connectivity index (χ3n) is 2.90. The Morgan fingerprint density at radius 1 is 1.24 bits per heavy atom. The summed E-state index contributed by atoms with van der Waals surface area (Å²) in [4.78, 5) is 9.31. The van der Waals surface area contributed by atoms with E-state index in [0.717, 1.165) is 33.9 Å². The first-order valence-corrected chi connectivity index (χ1v) is 7.93. The number of nitrogens with one attached hydrogen (secondary N) is 1. The van der Waals surface area contributed by atoms with Gasteiger partial charge in [-0.15, -0.1) is 0 Å². The smallest absolute Gasteiger partial charge is 0.137 e. The minimum atomic E-state index is -0.0802. The summed E-state index contributed by atoms with van der Waals surface area (Å²) in [6.45, 7) is 11.3. The van der Waals surface area contributed by atoms with Crippen LogP contribution in [0.15, 0.2) is 22.2 Å². The summed E-state index contributed by atoms with van der Waals surface area (Å²) in [7, 11) is 1.95. The van der Waals surface area contributed by atoms with Gasteiger partial charge in [0.15, 0.2) is 0 Å². The first-order valence-electron chi connectivity index (χ1n) is 7.11. The summed E-state index contributed by atoms with van der Waals surface area (Å²) < 4.78 is 1.88. The van der Waals surface area contributed by atoms with Crippen molar-refractivity contribution < 1.29 is 0 Å². The Hall–Kier alpha value is -1.56. The lowest BCUT2D eigenvalue weighted by Crippen LogP contribution is -2.17. The molecule has 5 nitrogen and oxygen atoms in total. The van der Waals surface area contributed by atoms with Crippen LogP contribution in [0.25, 0.3) is 0 Å². The molecular formula is C15H23N5S. The monoisotopic (exact) mass is 305 g/mol. The molecule has 21 heavy (non-hydrogen) atoms. The van der Waals surface area contributed by atoms with Gasteiger partial charge < -0.3 is 5.32 Å². The van der Waals surface area contributed by atoms with Crippen molar-refractivity contribution in [3.8, 4) is 0 Å². The summed E-state index contributed by atoms with van der Waals surface area (Å²) in [5, 5.41) is 9.67. The number of hydrogen-bond acceptors (Lipinski definition) is 5. The molecule has 0 fully saturated rings. The van der Waals surface area contributed by atoms with E-state index >= 15 is 0 Å². The average molecular weight is 305 g/mol. The first kappa shape index (κ1) is 15.8. The molecular weight excluding hydrogens is 282 g/mol. The lowest BCUT2D eigenvalue weighted by atomic mass is 9.96. The number of hydrogen-bond donors (Lipinski definition) is 1. The van der Waals surface area contributed by atoms with Gasteiger partial charge in [0.2, 0.25) is 0 Å².